The molecule has 0 radical (unpaired) electrons. The molecule has 1 aliphatic rings. The Morgan fingerprint density at radius 2 is 1.79 bits per heavy atom. The largest absolute Gasteiger partial charge is 0.367 e. The first-order valence-corrected chi connectivity index (χ1v) is 9.55. The quantitative estimate of drug-likeness (QED) is 0.616. The molecule has 0 saturated carbocycles. The summed E-state index contributed by atoms with van der Waals surface area (Å²) in [4.78, 5) is 35.2. The molecule has 0 aliphatic carbocycles. The van der Waals surface area contributed by atoms with Crippen molar-refractivity contribution in [3.8, 4) is 0 Å². The maximum absolute atomic E-state index is 14.9. The smallest absolute Gasteiger partial charge is 0.258 e. The summed E-state index contributed by atoms with van der Waals surface area (Å²) in [5.41, 5.74) is 1.33. The third-order valence-electron chi connectivity index (χ3n) is 5.51. The molecule has 4 rings (SSSR count). The van der Waals surface area contributed by atoms with E-state index >= 15 is 0 Å². The number of hydrogen-bond acceptors (Lipinski definition) is 5. The van der Waals surface area contributed by atoms with Crippen LogP contribution in [-0.2, 0) is 7.05 Å². The van der Waals surface area contributed by atoms with Crippen LogP contribution in [0.1, 0.15) is 10.4 Å². The molecule has 0 N–H and O–H groups in total. The van der Waals surface area contributed by atoms with E-state index in [2.05, 4.69) is 16.9 Å². The van der Waals surface area contributed by atoms with Gasteiger partial charge in [0.1, 0.15) is 16.9 Å². The predicted molar refractivity (Wildman–Crippen MR) is 112 cm³/mol. The predicted octanol–water partition coefficient (Wildman–Crippen LogP) is 1.68. The van der Waals surface area contributed by atoms with Gasteiger partial charge in [-0.25, -0.2) is 9.37 Å². The topological polar surface area (TPSA) is 61.7 Å². The van der Waals surface area contributed by atoms with Gasteiger partial charge in [0.15, 0.2) is 0 Å². The molecule has 7 nitrogen and oxygen atoms in total. The lowest BCUT2D eigenvalue weighted by Gasteiger charge is -2.34. The van der Waals surface area contributed by atoms with Crippen molar-refractivity contribution < 1.29 is 9.18 Å². The Hall–Kier alpha value is -3.00. The van der Waals surface area contributed by atoms with Gasteiger partial charge in [-0.05, 0) is 19.2 Å². The van der Waals surface area contributed by atoms with Crippen LogP contribution in [0.25, 0.3) is 21.9 Å². The van der Waals surface area contributed by atoms with E-state index in [-0.39, 0.29) is 22.8 Å². The van der Waals surface area contributed by atoms with Crippen molar-refractivity contribution >= 4 is 33.5 Å². The second kappa shape index (κ2) is 7.11. The van der Waals surface area contributed by atoms with Gasteiger partial charge in [0.25, 0.3) is 5.91 Å². The number of pyridine rings is 2. The SMILES string of the molecule is CN1CCN(c2cc3cc4c(nc3cc2F)c(=O)c(C(=O)N(C)C)cn4C)CC1. The molecule has 29 heavy (non-hydrogen) atoms. The van der Waals surface area contributed by atoms with Crippen LogP contribution in [0.4, 0.5) is 10.1 Å². The minimum absolute atomic E-state index is 0.0476. The summed E-state index contributed by atoms with van der Waals surface area (Å²) in [5, 5.41) is 0.759. The number of nitrogens with zero attached hydrogens (tertiary/aromatic N) is 5. The number of anilines is 1. The highest BCUT2D eigenvalue weighted by atomic mass is 19.1. The number of likely N-dealkylation sites (N-methyl/N-ethyl adjacent to an activating group) is 1. The van der Waals surface area contributed by atoms with Crippen molar-refractivity contribution in [2.45, 2.75) is 0 Å². The number of aryl methyl sites for hydroxylation is 1. The molecule has 0 bridgehead atoms. The van der Waals surface area contributed by atoms with Gasteiger partial charge in [0, 0.05) is 65.0 Å². The minimum atomic E-state index is -0.442. The summed E-state index contributed by atoms with van der Waals surface area (Å²) >= 11 is 0. The fourth-order valence-corrected chi connectivity index (χ4v) is 3.74. The third kappa shape index (κ3) is 3.33. The van der Waals surface area contributed by atoms with E-state index < -0.39 is 5.43 Å². The molecular weight excluding hydrogens is 373 g/mol. The fraction of sp³-hybridized carbons (Fsp3) is 0.381. The zero-order chi connectivity index (χ0) is 20.9. The van der Waals surface area contributed by atoms with Crippen molar-refractivity contribution in [1.82, 2.24) is 19.4 Å². The first-order chi connectivity index (χ1) is 13.8. The third-order valence-corrected chi connectivity index (χ3v) is 5.51. The molecule has 0 spiro atoms. The molecule has 8 heteroatoms. The molecule has 0 unspecified atom stereocenters. The first kappa shape index (κ1) is 19.3. The van der Waals surface area contributed by atoms with E-state index in [1.165, 1.54) is 17.2 Å². The molecule has 1 amide bonds. The van der Waals surface area contributed by atoms with E-state index in [0.29, 0.717) is 16.7 Å². The summed E-state index contributed by atoms with van der Waals surface area (Å²) in [6.45, 7) is 3.28. The van der Waals surface area contributed by atoms with E-state index in [0.717, 1.165) is 31.6 Å². The van der Waals surface area contributed by atoms with Crippen LogP contribution in [0.15, 0.2) is 29.2 Å². The van der Waals surface area contributed by atoms with Crippen LogP contribution in [0.3, 0.4) is 0 Å². The first-order valence-electron chi connectivity index (χ1n) is 9.55. The van der Waals surface area contributed by atoms with Crippen LogP contribution in [0.5, 0.6) is 0 Å². The maximum Gasteiger partial charge on any atom is 0.258 e. The number of amides is 1. The second-order valence-corrected chi connectivity index (χ2v) is 7.83. The van der Waals surface area contributed by atoms with Crippen molar-refractivity contribution in [3.63, 3.8) is 0 Å². The van der Waals surface area contributed by atoms with Crippen molar-refractivity contribution in [2.24, 2.45) is 7.05 Å². The van der Waals surface area contributed by atoms with Crippen LogP contribution in [0.2, 0.25) is 0 Å². The average molecular weight is 397 g/mol. The van der Waals surface area contributed by atoms with Crippen LogP contribution in [-0.4, -0.2) is 72.6 Å². The van der Waals surface area contributed by atoms with Gasteiger partial charge in [-0.2, -0.15) is 0 Å². The number of rotatable bonds is 2. The zero-order valence-electron chi connectivity index (χ0n) is 17.1. The van der Waals surface area contributed by atoms with E-state index in [1.807, 2.05) is 11.0 Å². The molecule has 3 heterocycles. The maximum atomic E-state index is 14.9. The summed E-state index contributed by atoms with van der Waals surface area (Å²) in [6, 6.07) is 5.01. The molecule has 152 valence electrons. The molecule has 3 aromatic rings. The zero-order valence-corrected chi connectivity index (χ0v) is 17.1. The number of carbonyl (C=O) groups excluding carboxylic acids is 1. The van der Waals surface area contributed by atoms with Gasteiger partial charge in [-0.3, -0.25) is 9.59 Å². The monoisotopic (exact) mass is 397 g/mol. The standard InChI is InChI=1S/C21H24FN5O2/c1-24(2)21(29)14-12-26(4)18-10-13-9-17(27-7-5-25(3)6-8-27)15(22)11-16(13)23-19(18)20(14)28/h9-12H,5-8H2,1-4H3. The Labute approximate surface area is 167 Å². The number of fused-ring (bicyclic) bond motifs is 2. The van der Waals surface area contributed by atoms with E-state index in [9.17, 15) is 14.0 Å². The Balaban J connectivity index is 1.88. The Morgan fingerprint density at radius 1 is 1.10 bits per heavy atom. The van der Waals surface area contributed by atoms with Crippen molar-refractivity contribution in [2.75, 3.05) is 52.2 Å². The minimum Gasteiger partial charge on any atom is -0.367 e. The molecule has 1 saturated heterocycles. The van der Waals surface area contributed by atoms with Crippen LogP contribution in [0, 0.1) is 5.82 Å². The second-order valence-electron chi connectivity index (χ2n) is 7.83. The van der Waals surface area contributed by atoms with Gasteiger partial charge < -0.3 is 19.3 Å². The number of hydrogen-bond donors (Lipinski definition) is 0. The van der Waals surface area contributed by atoms with Gasteiger partial charge in [-0.1, -0.05) is 0 Å². The highest BCUT2D eigenvalue weighted by Gasteiger charge is 2.20. The number of aromatic nitrogens is 2. The molecule has 2 aromatic heterocycles. The van der Waals surface area contributed by atoms with Crippen LogP contribution < -0.4 is 10.3 Å². The Bertz CT molecular complexity index is 1180. The Kier molecular flexibility index (Phi) is 4.74. The summed E-state index contributed by atoms with van der Waals surface area (Å²) in [5.74, 6) is -0.739. The van der Waals surface area contributed by atoms with Gasteiger partial charge in [0.05, 0.1) is 16.7 Å². The fourth-order valence-electron chi connectivity index (χ4n) is 3.74. The van der Waals surface area contributed by atoms with Gasteiger partial charge in [0.2, 0.25) is 5.43 Å². The number of halogens is 1. The molecular formula is C21H24FN5O2. The summed E-state index contributed by atoms with van der Waals surface area (Å²) in [6.07, 6.45) is 1.53. The number of carbonyl (C=O) groups is 1. The average Bonchev–Trinajstić information content (AvgIpc) is 2.69. The molecule has 0 atom stereocenters. The summed E-state index contributed by atoms with van der Waals surface area (Å²) < 4.78 is 16.6. The van der Waals surface area contributed by atoms with Crippen molar-refractivity contribution in [1.29, 1.82) is 0 Å². The van der Waals surface area contributed by atoms with E-state index in [1.54, 1.807) is 31.8 Å². The highest BCUT2D eigenvalue weighted by Crippen LogP contribution is 2.28. The lowest BCUT2D eigenvalue weighted by molar-refractivity contribution is 0.0826. The van der Waals surface area contributed by atoms with Gasteiger partial charge in [-0.15, -0.1) is 0 Å². The lowest BCUT2D eigenvalue weighted by Crippen LogP contribution is -2.44. The normalized spacial score (nSPS) is 15.3. The Morgan fingerprint density at radius 3 is 2.45 bits per heavy atom. The lowest BCUT2D eigenvalue weighted by atomic mass is 10.1. The van der Waals surface area contributed by atoms with Gasteiger partial charge >= 0.3 is 0 Å². The summed E-state index contributed by atoms with van der Waals surface area (Å²) in [7, 11) is 7.01. The molecule has 1 aliphatic heterocycles. The van der Waals surface area contributed by atoms with Crippen LogP contribution >= 0.6 is 0 Å². The molecule has 1 fully saturated rings. The van der Waals surface area contributed by atoms with E-state index in [4.69, 9.17) is 0 Å². The molecule has 1 aromatic carbocycles. The number of benzene rings is 1. The number of piperazine rings is 1. The van der Waals surface area contributed by atoms with Crippen molar-refractivity contribution in [3.05, 3.63) is 46.0 Å². The highest BCUT2D eigenvalue weighted by molar-refractivity contribution is 5.99.